The van der Waals surface area contributed by atoms with Crippen molar-refractivity contribution >= 4 is 5.78 Å². The molecular weight excluding hydrogens is 200 g/mol. The van der Waals surface area contributed by atoms with E-state index >= 15 is 0 Å². The Bertz CT molecular complexity index is 209. The number of hydrogen-bond acceptors (Lipinski definition) is 2. The molecule has 94 valence electrons. The van der Waals surface area contributed by atoms with Crippen LogP contribution in [0.5, 0.6) is 0 Å². The lowest BCUT2D eigenvalue weighted by Crippen LogP contribution is -2.15. The van der Waals surface area contributed by atoms with E-state index < -0.39 is 0 Å². The first-order valence-electron chi connectivity index (χ1n) is 6.80. The highest BCUT2D eigenvalue weighted by Crippen LogP contribution is 2.37. The minimum Gasteiger partial charge on any atom is -0.389 e. The predicted octanol–water partition coefficient (Wildman–Crippen LogP) is 3.18. The van der Waals surface area contributed by atoms with Gasteiger partial charge in [-0.25, -0.2) is 0 Å². The number of ketones is 1. The fraction of sp³-hybridized carbons (Fsp3) is 0.929. The first-order chi connectivity index (χ1) is 7.67. The van der Waals surface area contributed by atoms with Crippen LogP contribution in [0.25, 0.3) is 0 Å². The van der Waals surface area contributed by atoms with Gasteiger partial charge >= 0.3 is 0 Å². The quantitative estimate of drug-likeness (QED) is 0.655. The normalized spacial score (nSPS) is 19.4. The molecule has 0 radical (unpaired) electrons. The molecule has 1 N–H and O–H groups in total. The minimum atomic E-state index is -0.291. The summed E-state index contributed by atoms with van der Waals surface area (Å²) in [6.07, 6.45) is 8.90. The Hall–Kier alpha value is -0.370. The topological polar surface area (TPSA) is 37.3 Å². The number of rotatable bonds is 9. The Balaban J connectivity index is 2.09. The van der Waals surface area contributed by atoms with Gasteiger partial charge in [0.1, 0.15) is 6.61 Å². The van der Waals surface area contributed by atoms with Gasteiger partial charge < -0.3 is 5.11 Å². The lowest BCUT2D eigenvalue weighted by atomic mass is 9.90. The molecule has 2 atom stereocenters. The van der Waals surface area contributed by atoms with E-state index in [1.807, 2.05) is 6.92 Å². The van der Waals surface area contributed by atoms with Crippen LogP contribution in [0.2, 0.25) is 0 Å². The van der Waals surface area contributed by atoms with Crippen LogP contribution >= 0.6 is 0 Å². The van der Waals surface area contributed by atoms with Crippen LogP contribution in [0.1, 0.15) is 58.8 Å². The van der Waals surface area contributed by atoms with E-state index in [9.17, 15) is 4.79 Å². The molecule has 16 heavy (non-hydrogen) atoms. The number of carbonyl (C=O) groups is 1. The largest absolute Gasteiger partial charge is 0.389 e. The third kappa shape index (κ3) is 5.11. The summed E-state index contributed by atoms with van der Waals surface area (Å²) < 4.78 is 0. The zero-order chi connectivity index (χ0) is 12.0. The minimum absolute atomic E-state index is 0.00441. The van der Waals surface area contributed by atoms with Crippen LogP contribution in [0.15, 0.2) is 0 Å². The molecule has 1 fully saturated rings. The lowest BCUT2D eigenvalue weighted by molar-refractivity contribution is -0.125. The van der Waals surface area contributed by atoms with Gasteiger partial charge in [-0.2, -0.15) is 0 Å². The molecule has 0 aromatic heterocycles. The third-order valence-corrected chi connectivity index (χ3v) is 3.90. The van der Waals surface area contributed by atoms with Crippen LogP contribution in [0.4, 0.5) is 0 Å². The Morgan fingerprint density at radius 2 is 2.06 bits per heavy atom. The van der Waals surface area contributed by atoms with Crippen molar-refractivity contribution < 1.29 is 9.90 Å². The Kier molecular flexibility index (Phi) is 6.04. The number of carbonyl (C=O) groups excluding carboxylic acids is 1. The molecule has 0 heterocycles. The van der Waals surface area contributed by atoms with Gasteiger partial charge in [-0.3, -0.25) is 4.79 Å². The fourth-order valence-corrected chi connectivity index (χ4v) is 2.34. The monoisotopic (exact) mass is 226 g/mol. The van der Waals surface area contributed by atoms with E-state index in [2.05, 4.69) is 6.92 Å². The van der Waals surface area contributed by atoms with Crippen LogP contribution in [0.3, 0.4) is 0 Å². The summed E-state index contributed by atoms with van der Waals surface area (Å²) in [5, 5.41) is 8.74. The van der Waals surface area contributed by atoms with Gasteiger partial charge in [-0.1, -0.05) is 46.0 Å². The van der Waals surface area contributed by atoms with Gasteiger partial charge in [-0.05, 0) is 24.7 Å². The summed E-state index contributed by atoms with van der Waals surface area (Å²) >= 11 is 0. The molecule has 2 unspecified atom stereocenters. The molecule has 1 rings (SSSR count). The summed E-state index contributed by atoms with van der Waals surface area (Å²) in [6.45, 7) is 3.91. The van der Waals surface area contributed by atoms with Gasteiger partial charge in [0.25, 0.3) is 0 Å². The zero-order valence-corrected chi connectivity index (χ0v) is 10.7. The van der Waals surface area contributed by atoms with Gasteiger partial charge in [-0.15, -0.1) is 0 Å². The first kappa shape index (κ1) is 13.7. The Labute approximate surface area is 99.4 Å². The molecule has 0 bridgehead atoms. The van der Waals surface area contributed by atoms with Crippen molar-refractivity contribution in [1.29, 1.82) is 0 Å². The number of aliphatic hydroxyl groups excluding tert-OH is 1. The van der Waals surface area contributed by atoms with Crippen molar-refractivity contribution in [2.24, 2.45) is 17.8 Å². The maximum Gasteiger partial charge on any atom is 0.160 e. The van der Waals surface area contributed by atoms with E-state index in [0.29, 0.717) is 0 Å². The second-order valence-corrected chi connectivity index (χ2v) is 5.41. The molecule has 0 aromatic carbocycles. The van der Waals surface area contributed by atoms with Gasteiger partial charge in [0.15, 0.2) is 5.78 Å². The molecule has 1 aliphatic carbocycles. The summed E-state index contributed by atoms with van der Waals surface area (Å²) in [6, 6.07) is 0. The molecule has 0 spiro atoms. The summed E-state index contributed by atoms with van der Waals surface area (Å²) in [4.78, 5) is 11.2. The predicted molar refractivity (Wildman–Crippen MR) is 66.2 cm³/mol. The maximum absolute atomic E-state index is 11.2. The summed E-state index contributed by atoms with van der Waals surface area (Å²) in [7, 11) is 0. The maximum atomic E-state index is 11.2. The highest BCUT2D eigenvalue weighted by Gasteiger charge is 2.24. The smallest absolute Gasteiger partial charge is 0.160 e. The molecule has 0 saturated heterocycles. The van der Waals surface area contributed by atoms with Gasteiger partial charge in [0.2, 0.25) is 0 Å². The summed E-state index contributed by atoms with van der Waals surface area (Å²) in [5.74, 6) is 1.92. The molecule has 0 amide bonds. The standard InChI is InChI=1S/C14H26O2/c1-3-12(9-13-7-8-13)6-4-5-11(2)14(16)10-15/h11-13,15H,3-10H2,1-2H3. The van der Waals surface area contributed by atoms with Crippen molar-refractivity contribution in [2.75, 3.05) is 6.61 Å². The first-order valence-corrected chi connectivity index (χ1v) is 6.80. The molecule has 2 nitrogen and oxygen atoms in total. The van der Waals surface area contributed by atoms with Crippen molar-refractivity contribution in [3.63, 3.8) is 0 Å². The fourth-order valence-electron chi connectivity index (χ4n) is 2.34. The Morgan fingerprint density at radius 1 is 1.38 bits per heavy atom. The van der Waals surface area contributed by atoms with Crippen molar-refractivity contribution in [3.05, 3.63) is 0 Å². The van der Waals surface area contributed by atoms with E-state index in [4.69, 9.17) is 5.11 Å². The SMILES string of the molecule is CCC(CCCC(C)C(=O)CO)CC1CC1. The molecule has 2 heteroatoms. The highest BCUT2D eigenvalue weighted by atomic mass is 16.3. The lowest BCUT2D eigenvalue weighted by Gasteiger charge is -2.15. The van der Waals surface area contributed by atoms with Crippen molar-refractivity contribution in [1.82, 2.24) is 0 Å². The molecular formula is C14H26O2. The average molecular weight is 226 g/mol. The molecule has 1 saturated carbocycles. The van der Waals surface area contributed by atoms with E-state index in [1.54, 1.807) is 0 Å². The van der Waals surface area contributed by atoms with E-state index in [1.165, 1.54) is 32.1 Å². The van der Waals surface area contributed by atoms with E-state index in [-0.39, 0.29) is 18.3 Å². The Morgan fingerprint density at radius 3 is 2.56 bits per heavy atom. The highest BCUT2D eigenvalue weighted by molar-refractivity contribution is 5.81. The third-order valence-electron chi connectivity index (χ3n) is 3.90. The summed E-state index contributed by atoms with van der Waals surface area (Å²) in [5.41, 5.74) is 0. The number of hydrogen-bond donors (Lipinski definition) is 1. The number of aliphatic hydroxyl groups is 1. The van der Waals surface area contributed by atoms with Crippen LogP contribution < -0.4 is 0 Å². The molecule has 1 aliphatic rings. The van der Waals surface area contributed by atoms with E-state index in [0.717, 1.165) is 24.7 Å². The van der Waals surface area contributed by atoms with Crippen molar-refractivity contribution in [2.45, 2.75) is 58.8 Å². The van der Waals surface area contributed by atoms with Crippen LogP contribution in [-0.4, -0.2) is 17.5 Å². The second kappa shape index (κ2) is 7.05. The van der Waals surface area contributed by atoms with Crippen LogP contribution in [-0.2, 0) is 4.79 Å². The van der Waals surface area contributed by atoms with Gasteiger partial charge in [0.05, 0.1) is 0 Å². The molecule has 0 aliphatic heterocycles. The number of Topliss-reactive ketones (excluding diaryl/α,β-unsaturated/α-hetero) is 1. The van der Waals surface area contributed by atoms with Gasteiger partial charge in [0, 0.05) is 5.92 Å². The second-order valence-electron chi connectivity index (χ2n) is 5.41. The van der Waals surface area contributed by atoms with Crippen molar-refractivity contribution in [3.8, 4) is 0 Å². The average Bonchev–Trinajstić information content (AvgIpc) is 3.10. The van der Waals surface area contributed by atoms with Crippen LogP contribution in [0, 0.1) is 17.8 Å². The molecule has 0 aromatic rings. The zero-order valence-electron chi connectivity index (χ0n) is 10.7.